The summed E-state index contributed by atoms with van der Waals surface area (Å²) in [5, 5.41) is 4.47. The fraction of sp³-hybridized carbons (Fsp3) is 0.375. The molecule has 0 unspecified atom stereocenters. The Morgan fingerprint density at radius 3 is 2.67 bits per heavy atom. The van der Waals surface area contributed by atoms with Crippen LogP contribution in [-0.4, -0.2) is 16.9 Å². The van der Waals surface area contributed by atoms with E-state index in [0.29, 0.717) is 23.7 Å². The first-order chi connectivity index (χ1) is 10.1. The first kappa shape index (κ1) is 15.6. The lowest BCUT2D eigenvalue weighted by Crippen LogP contribution is -2.28. The van der Waals surface area contributed by atoms with E-state index >= 15 is 0 Å². The molecule has 0 fully saturated rings. The van der Waals surface area contributed by atoms with Gasteiger partial charge in [-0.15, -0.1) is 11.6 Å². The summed E-state index contributed by atoms with van der Waals surface area (Å²) in [6, 6.07) is 9.34. The Morgan fingerprint density at radius 1 is 1.33 bits per heavy atom. The van der Waals surface area contributed by atoms with Crippen molar-refractivity contribution in [3.8, 4) is 17.0 Å². The van der Waals surface area contributed by atoms with Gasteiger partial charge in [0.25, 0.3) is 5.56 Å². The number of nitrogens with zero attached hydrogens (tertiary/aromatic N) is 2. The van der Waals surface area contributed by atoms with Crippen LogP contribution in [0.2, 0.25) is 0 Å². The number of benzene rings is 1. The van der Waals surface area contributed by atoms with Crippen LogP contribution in [-0.2, 0) is 12.4 Å². The SMILES string of the molecule is COc1ccccc1-c1cc(CCl)c(=O)n(CC(C)C)n1. The van der Waals surface area contributed by atoms with Gasteiger partial charge in [-0.25, -0.2) is 4.68 Å². The summed E-state index contributed by atoms with van der Waals surface area (Å²) < 4.78 is 6.85. The van der Waals surface area contributed by atoms with Gasteiger partial charge in [-0.1, -0.05) is 26.0 Å². The fourth-order valence-electron chi connectivity index (χ4n) is 2.15. The van der Waals surface area contributed by atoms with E-state index in [0.717, 1.165) is 11.3 Å². The van der Waals surface area contributed by atoms with Crippen LogP contribution in [0.15, 0.2) is 35.1 Å². The van der Waals surface area contributed by atoms with Crippen molar-refractivity contribution in [2.24, 2.45) is 5.92 Å². The zero-order valence-corrected chi connectivity index (χ0v) is 13.2. The highest BCUT2D eigenvalue weighted by atomic mass is 35.5. The maximum absolute atomic E-state index is 12.3. The summed E-state index contributed by atoms with van der Waals surface area (Å²) in [7, 11) is 1.62. The van der Waals surface area contributed by atoms with Gasteiger partial charge in [-0.3, -0.25) is 4.79 Å². The van der Waals surface area contributed by atoms with Crippen molar-refractivity contribution in [2.75, 3.05) is 7.11 Å². The van der Waals surface area contributed by atoms with E-state index in [2.05, 4.69) is 5.10 Å². The van der Waals surface area contributed by atoms with Crippen molar-refractivity contribution in [1.82, 2.24) is 9.78 Å². The Hall–Kier alpha value is -1.81. The van der Waals surface area contributed by atoms with Gasteiger partial charge in [0.2, 0.25) is 0 Å². The second-order valence-corrected chi connectivity index (χ2v) is 5.54. The van der Waals surface area contributed by atoms with Gasteiger partial charge < -0.3 is 4.74 Å². The standard InChI is InChI=1S/C16H19ClN2O2/c1-11(2)10-19-16(20)12(9-17)8-14(18-19)13-6-4-5-7-15(13)21-3/h4-8,11H,9-10H2,1-3H3. The van der Waals surface area contributed by atoms with Crippen molar-refractivity contribution in [3.63, 3.8) is 0 Å². The lowest BCUT2D eigenvalue weighted by atomic mass is 10.1. The molecule has 2 aromatic rings. The summed E-state index contributed by atoms with van der Waals surface area (Å²) in [5.41, 5.74) is 1.97. The Kier molecular flexibility index (Phi) is 5.02. The van der Waals surface area contributed by atoms with Crippen LogP contribution in [0.1, 0.15) is 19.4 Å². The normalized spacial score (nSPS) is 10.9. The Bertz CT molecular complexity index is 680. The highest BCUT2D eigenvalue weighted by Gasteiger charge is 2.13. The van der Waals surface area contributed by atoms with Crippen LogP contribution in [0.5, 0.6) is 5.75 Å². The van der Waals surface area contributed by atoms with Crippen molar-refractivity contribution >= 4 is 11.6 Å². The largest absolute Gasteiger partial charge is 0.496 e. The third-order valence-corrected chi connectivity index (χ3v) is 3.40. The topological polar surface area (TPSA) is 44.1 Å². The molecule has 1 aromatic heterocycles. The van der Waals surface area contributed by atoms with Gasteiger partial charge in [-0.2, -0.15) is 5.10 Å². The predicted molar refractivity (Wildman–Crippen MR) is 84.9 cm³/mol. The molecule has 5 heteroatoms. The van der Waals surface area contributed by atoms with Gasteiger partial charge in [0, 0.05) is 17.7 Å². The van der Waals surface area contributed by atoms with Crippen molar-refractivity contribution in [1.29, 1.82) is 0 Å². The second kappa shape index (κ2) is 6.76. The summed E-state index contributed by atoms with van der Waals surface area (Å²) in [4.78, 5) is 12.3. The number of halogens is 1. The number of rotatable bonds is 5. The van der Waals surface area contributed by atoms with Crippen LogP contribution in [0.4, 0.5) is 0 Å². The predicted octanol–water partition coefficient (Wildman–Crippen LogP) is 3.31. The first-order valence-electron chi connectivity index (χ1n) is 6.87. The van der Waals surface area contributed by atoms with Crippen LogP contribution in [0, 0.1) is 5.92 Å². The van der Waals surface area contributed by atoms with E-state index in [-0.39, 0.29) is 11.4 Å². The number of alkyl halides is 1. The van der Waals surface area contributed by atoms with E-state index in [1.807, 2.05) is 38.1 Å². The fourth-order valence-corrected chi connectivity index (χ4v) is 2.34. The average Bonchev–Trinajstić information content (AvgIpc) is 2.48. The van der Waals surface area contributed by atoms with E-state index < -0.39 is 0 Å². The molecule has 0 saturated heterocycles. The summed E-state index contributed by atoms with van der Waals surface area (Å²) >= 11 is 5.90. The quantitative estimate of drug-likeness (QED) is 0.796. The molecular formula is C16H19ClN2O2. The zero-order valence-electron chi connectivity index (χ0n) is 12.5. The van der Waals surface area contributed by atoms with Crippen molar-refractivity contribution in [2.45, 2.75) is 26.3 Å². The number of methoxy groups -OCH3 is 1. The van der Waals surface area contributed by atoms with Gasteiger partial charge in [0.1, 0.15) is 5.75 Å². The molecule has 0 saturated carbocycles. The van der Waals surface area contributed by atoms with E-state index in [9.17, 15) is 4.79 Å². The Morgan fingerprint density at radius 2 is 2.05 bits per heavy atom. The molecule has 1 aromatic carbocycles. The van der Waals surface area contributed by atoms with Gasteiger partial charge in [0.15, 0.2) is 0 Å². The second-order valence-electron chi connectivity index (χ2n) is 5.27. The van der Waals surface area contributed by atoms with Crippen LogP contribution < -0.4 is 10.3 Å². The minimum atomic E-state index is -0.127. The third kappa shape index (κ3) is 3.45. The van der Waals surface area contributed by atoms with E-state index in [4.69, 9.17) is 16.3 Å². The molecule has 2 rings (SSSR count). The lowest BCUT2D eigenvalue weighted by molar-refractivity contribution is 0.415. The molecule has 1 heterocycles. The van der Waals surface area contributed by atoms with Gasteiger partial charge in [-0.05, 0) is 24.1 Å². The molecule has 0 N–H and O–H groups in total. The number of hydrogen-bond acceptors (Lipinski definition) is 3. The molecule has 0 aliphatic carbocycles. The molecule has 0 radical (unpaired) electrons. The first-order valence-corrected chi connectivity index (χ1v) is 7.40. The lowest BCUT2D eigenvalue weighted by Gasteiger charge is -2.13. The maximum Gasteiger partial charge on any atom is 0.271 e. The highest BCUT2D eigenvalue weighted by molar-refractivity contribution is 6.17. The molecule has 0 bridgehead atoms. The van der Waals surface area contributed by atoms with Gasteiger partial charge in [0.05, 0.1) is 18.7 Å². The average molecular weight is 307 g/mol. The molecule has 0 aliphatic rings. The molecule has 0 amide bonds. The molecule has 4 nitrogen and oxygen atoms in total. The van der Waals surface area contributed by atoms with E-state index in [1.165, 1.54) is 4.68 Å². The number of ether oxygens (including phenoxy) is 1. The monoisotopic (exact) mass is 306 g/mol. The van der Waals surface area contributed by atoms with Crippen LogP contribution >= 0.6 is 11.6 Å². The Labute approximate surface area is 129 Å². The van der Waals surface area contributed by atoms with Gasteiger partial charge >= 0.3 is 0 Å². The maximum atomic E-state index is 12.3. The van der Waals surface area contributed by atoms with Crippen LogP contribution in [0.25, 0.3) is 11.3 Å². The minimum absolute atomic E-state index is 0.127. The number of para-hydroxylation sites is 1. The van der Waals surface area contributed by atoms with Crippen molar-refractivity contribution in [3.05, 3.63) is 46.2 Å². The zero-order chi connectivity index (χ0) is 15.4. The smallest absolute Gasteiger partial charge is 0.271 e. The highest BCUT2D eigenvalue weighted by Crippen LogP contribution is 2.28. The number of aromatic nitrogens is 2. The molecule has 21 heavy (non-hydrogen) atoms. The molecule has 0 aliphatic heterocycles. The summed E-state index contributed by atoms with van der Waals surface area (Å²) in [6.45, 7) is 4.65. The minimum Gasteiger partial charge on any atom is -0.496 e. The third-order valence-electron chi connectivity index (χ3n) is 3.11. The molecule has 0 spiro atoms. The summed E-state index contributed by atoms with van der Waals surface area (Å²) in [5.74, 6) is 1.22. The van der Waals surface area contributed by atoms with Crippen molar-refractivity contribution < 1.29 is 4.74 Å². The number of hydrogen-bond donors (Lipinski definition) is 0. The van der Waals surface area contributed by atoms with Crippen LogP contribution in [0.3, 0.4) is 0 Å². The molecule has 112 valence electrons. The van der Waals surface area contributed by atoms with E-state index in [1.54, 1.807) is 13.2 Å². The Balaban J connectivity index is 2.61. The summed E-state index contributed by atoms with van der Waals surface area (Å²) in [6.07, 6.45) is 0. The molecule has 0 atom stereocenters. The molecular weight excluding hydrogens is 288 g/mol.